The molecule has 0 aromatic heterocycles. The van der Waals surface area contributed by atoms with E-state index >= 15 is 0 Å². The first-order valence-corrected chi connectivity index (χ1v) is 9.01. The summed E-state index contributed by atoms with van der Waals surface area (Å²) in [7, 11) is 0. The van der Waals surface area contributed by atoms with Crippen molar-refractivity contribution in [1.29, 1.82) is 0 Å². The van der Waals surface area contributed by atoms with Crippen molar-refractivity contribution in [3.63, 3.8) is 0 Å². The van der Waals surface area contributed by atoms with Crippen LogP contribution in [0.15, 0.2) is 11.6 Å². The van der Waals surface area contributed by atoms with Gasteiger partial charge in [-0.3, -0.25) is 0 Å². The van der Waals surface area contributed by atoms with Gasteiger partial charge in [0.05, 0.1) is 0 Å². The fourth-order valence-electron chi connectivity index (χ4n) is 6.79. The van der Waals surface area contributed by atoms with Crippen LogP contribution in [0.1, 0.15) is 71.6 Å². The Balaban J connectivity index is 1.68. The number of nitrogens with two attached hydrogens (primary N) is 1. The van der Waals surface area contributed by atoms with Crippen molar-refractivity contribution in [2.24, 2.45) is 34.3 Å². The van der Waals surface area contributed by atoms with Crippen LogP contribution in [-0.4, -0.2) is 6.04 Å². The van der Waals surface area contributed by atoms with Crippen molar-refractivity contribution in [1.82, 2.24) is 0 Å². The topological polar surface area (TPSA) is 26.0 Å². The average Bonchev–Trinajstić information content (AvgIpc) is 2.74. The van der Waals surface area contributed by atoms with E-state index < -0.39 is 0 Å². The molecule has 0 bridgehead atoms. The molecule has 0 aromatic carbocycles. The lowest BCUT2D eigenvalue weighted by Gasteiger charge is -2.58. The van der Waals surface area contributed by atoms with Crippen LogP contribution in [0, 0.1) is 28.6 Å². The standard InChI is InChI=1S/C19H31N/c1-18-11-4-3-5-13(18)6-7-14-15-8-9-17(20)19(15,2)12-10-16(14)18/h5,14-17H,3-4,6-12,20H2,1-2H3. The van der Waals surface area contributed by atoms with E-state index in [1.165, 1.54) is 57.8 Å². The maximum atomic E-state index is 6.50. The third-order valence-electron chi connectivity index (χ3n) is 8.10. The predicted octanol–water partition coefficient (Wildman–Crippen LogP) is 4.67. The molecule has 0 radical (unpaired) electrons. The summed E-state index contributed by atoms with van der Waals surface area (Å²) in [6.45, 7) is 5.12. The molecule has 2 N–H and O–H groups in total. The zero-order valence-corrected chi connectivity index (χ0v) is 13.3. The number of hydrogen-bond donors (Lipinski definition) is 1. The van der Waals surface area contributed by atoms with Gasteiger partial charge in [-0.25, -0.2) is 0 Å². The summed E-state index contributed by atoms with van der Waals surface area (Å²) < 4.78 is 0. The third-order valence-corrected chi connectivity index (χ3v) is 8.10. The number of hydrogen-bond acceptors (Lipinski definition) is 1. The van der Waals surface area contributed by atoms with Crippen molar-refractivity contribution in [3.8, 4) is 0 Å². The highest BCUT2D eigenvalue weighted by Crippen LogP contribution is 2.64. The van der Waals surface area contributed by atoms with Crippen molar-refractivity contribution in [2.45, 2.75) is 77.7 Å². The van der Waals surface area contributed by atoms with Gasteiger partial charge in [-0.05, 0) is 86.4 Å². The number of rotatable bonds is 0. The van der Waals surface area contributed by atoms with Crippen LogP contribution < -0.4 is 5.73 Å². The van der Waals surface area contributed by atoms with E-state index in [4.69, 9.17) is 5.73 Å². The highest BCUT2D eigenvalue weighted by Gasteiger charge is 2.57. The van der Waals surface area contributed by atoms with Crippen LogP contribution in [0.5, 0.6) is 0 Å². The fraction of sp³-hybridized carbons (Fsp3) is 0.895. The van der Waals surface area contributed by atoms with Crippen molar-refractivity contribution in [3.05, 3.63) is 11.6 Å². The minimum Gasteiger partial charge on any atom is -0.327 e. The molecule has 0 amide bonds. The Kier molecular flexibility index (Phi) is 2.91. The van der Waals surface area contributed by atoms with E-state index in [1.807, 2.05) is 5.57 Å². The molecule has 3 fully saturated rings. The quantitative estimate of drug-likeness (QED) is 0.638. The first kappa shape index (κ1) is 13.4. The molecular formula is C19H31N. The van der Waals surface area contributed by atoms with Crippen LogP contribution in [0.4, 0.5) is 0 Å². The lowest BCUT2D eigenvalue weighted by atomic mass is 9.47. The Labute approximate surface area is 124 Å². The average molecular weight is 273 g/mol. The Morgan fingerprint density at radius 2 is 1.90 bits per heavy atom. The van der Waals surface area contributed by atoms with E-state index in [9.17, 15) is 0 Å². The summed E-state index contributed by atoms with van der Waals surface area (Å²) in [5.74, 6) is 2.87. The van der Waals surface area contributed by atoms with Gasteiger partial charge < -0.3 is 5.73 Å². The maximum absolute atomic E-state index is 6.50. The van der Waals surface area contributed by atoms with Crippen LogP contribution in [0.3, 0.4) is 0 Å². The number of fused-ring (bicyclic) bond motifs is 5. The summed E-state index contributed by atoms with van der Waals surface area (Å²) in [5.41, 5.74) is 9.34. The predicted molar refractivity (Wildman–Crippen MR) is 84.3 cm³/mol. The summed E-state index contributed by atoms with van der Waals surface area (Å²) >= 11 is 0. The molecule has 6 unspecified atom stereocenters. The molecule has 6 atom stereocenters. The second-order valence-corrected chi connectivity index (χ2v) is 8.68. The van der Waals surface area contributed by atoms with Gasteiger partial charge in [0.25, 0.3) is 0 Å². The summed E-state index contributed by atoms with van der Waals surface area (Å²) in [4.78, 5) is 0. The first-order valence-electron chi connectivity index (χ1n) is 9.01. The molecule has 4 rings (SSSR count). The largest absolute Gasteiger partial charge is 0.327 e. The number of allylic oxidation sites excluding steroid dienone is 2. The van der Waals surface area contributed by atoms with Crippen molar-refractivity contribution < 1.29 is 0 Å². The normalized spacial score (nSPS) is 54.6. The van der Waals surface area contributed by atoms with E-state index in [2.05, 4.69) is 19.9 Å². The molecule has 4 aliphatic rings. The molecule has 1 nitrogen and oxygen atoms in total. The molecule has 0 aromatic rings. The van der Waals surface area contributed by atoms with Gasteiger partial charge in [0.15, 0.2) is 0 Å². The molecule has 3 saturated carbocycles. The monoisotopic (exact) mass is 273 g/mol. The Morgan fingerprint density at radius 3 is 2.75 bits per heavy atom. The molecule has 0 saturated heterocycles. The smallest absolute Gasteiger partial charge is 0.00957 e. The van der Waals surface area contributed by atoms with Crippen molar-refractivity contribution in [2.75, 3.05) is 0 Å². The van der Waals surface area contributed by atoms with Gasteiger partial charge in [0.1, 0.15) is 0 Å². The molecular weight excluding hydrogens is 242 g/mol. The van der Waals surface area contributed by atoms with E-state index in [-0.39, 0.29) is 0 Å². The lowest BCUT2D eigenvalue weighted by Crippen LogP contribution is -2.52. The highest BCUT2D eigenvalue weighted by atomic mass is 14.8. The van der Waals surface area contributed by atoms with Crippen molar-refractivity contribution >= 4 is 0 Å². The van der Waals surface area contributed by atoms with Crippen LogP contribution in [0.2, 0.25) is 0 Å². The zero-order valence-electron chi connectivity index (χ0n) is 13.3. The van der Waals surface area contributed by atoms with E-state index in [0.717, 1.165) is 17.8 Å². The molecule has 112 valence electrons. The lowest BCUT2D eigenvalue weighted by molar-refractivity contribution is -0.0406. The summed E-state index contributed by atoms with van der Waals surface area (Å²) in [6, 6.07) is 0.476. The molecule has 0 heterocycles. The second-order valence-electron chi connectivity index (χ2n) is 8.68. The molecule has 1 heteroatoms. The minimum absolute atomic E-state index is 0.466. The molecule has 0 spiro atoms. The SMILES string of the molecule is CC12CCCC=C1CCC1C2CCC2(C)C(N)CCC12. The van der Waals surface area contributed by atoms with Crippen LogP contribution >= 0.6 is 0 Å². The summed E-state index contributed by atoms with van der Waals surface area (Å²) in [5, 5.41) is 0. The zero-order chi connectivity index (χ0) is 14.0. The molecule has 20 heavy (non-hydrogen) atoms. The van der Waals surface area contributed by atoms with Crippen LogP contribution in [-0.2, 0) is 0 Å². The maximum Gasteiger partial charge on any atom is 0.00957 e. The third kappa shape index (κ3) is 1.59. The first-order chi connectivity index (χ1) is 9.56. The summed E-state index contributed by atoms with van der Waals surface area (Å²) in [6.07, 6.45) is 15.2. The Bertz CT molecular complexity index is 439. The molecule has 0 aliphatic heterocycles. The van der Waals surface area contributed by atoms with Gasteiger partial charge in [-0.1, -0.05) is 25.5 Å². The van der Waals surface area contributed by atoms with Gasteiger partial charge in [-0.2, -0.15) is 0 Å². The Hall–Kier alpha value is -0.300. The van der Waals surface area contributed by atoms with Crippen LogP contribution in [0.25, 0.3) is 0 Å². The minimum atomic E-state index is 0.466. The van der Waals surface area contributed by atoms with Gasteiger partial charge in [0.2, 0.25) is 0 Å². The highest BCUT2D eigenvalue weighted by molar-refractivity contribution is 5.23. The van der Waals surface area contributed by atoms with Gasteiger partial charge in [-0.15, -0.1) is 0 Å². The molecule has 4 aliphatic carbocycles. The van der Waals surface area contributed by atoms with Gasteiger partial charge >= 0.3 is 0 Å². The van der Waals surface area contributed by atoms with Gasteiger partial charge in [0, 0.05) is 6.04 Å². The second kappa shape index (κ2) is 4.35. The van der Waals surface area contributed by atoms with E-state index in [1.54, 1.807) is 0 Å². The Morgan fingerprint density at radius 1 is 1.05 bits per heavy atom. The fourth-order valence-corrected chi connectivity index (χ4v) is 6.79. The van der Waals surface area contributed by atoms with E-state index in [0.29, 0.717) is 16.9 Å².